The number of carbonyl (C=O) groups excluding carboxylic acids is 1. The molecule has 0 N–H and O–H groups in total. The Morgan fingerprint density at radius 2 is 1.96 bits per heavy atom. The number of carbonyl (C=O) groups is 1. The van der Waals surface area contributed by atoms with Crippen LogP contribution in [0.2, 0.25) is 0 Å². The highest BCUT2D eigenvalue weighted by atomic mass is 32.2. The third-order valence-electron chi connectivity index (χ3n) is 5.34. The third-order valence-corrected chi connectivity index (χ3v) is 7.29. The van der Waals surface area contributed by atoms with E-state index in [1.807, 2.05) is 6.92 Å². The molecule has 1 heterocycles. The summed E-state index contributed by atoms with van der Waals surface area (Å²) in [4.78, 5) is 22.7. The van der Waals surface area contributed by atoms with Gasteiger partial charge in [0.1, 0.15) is 17.3 Å². The highest BCUT2D eigenvalue weighted by Gasteiger charge is 2.55. The SMILES string of the molecule is CC(=O)OC1(C)CCC2CC1OO[C@]2(C)CS(=O)(=O)c1ccccc1. The lowest BCUT2D eigenvalue weighted by molar-refractivity contribution is -0.441. The Kier molecular flexibility index (Phi) is 4.68. The fourth-order valence-corrected chi connectivity index (χ4v) is 5.63. The van der Waals surface area contributed by atoms with Gasteiger partial charge >= 0.3 is 5.97 Å². The topological polar surface area (TPSA) is 78.9 Å². The van der Waals surface area contributed by atoms with Gasteiger partial charge in [-0.15, -0.1) is 0 Å². The van der Waals surface area contributed by atoms with Crippen molar-refractivity contribution in [3.63, 3.8) is 0 Å². The smallest absolute Gasteiger partial charge is 0.303 e. The van der Waals surface area contributed by atoms with Gasteiger partial charge in [0.2, 0.25) is 0 Å². The molecule has 1 aliphatic carbocycles. The molecule has 2 fully saturated rings. The van der Waals surface area contributed by atoms with Crippen LogP contribution < -0.4 is 0 Å². The lowest BCUT2D eigenvalue weighted by atomic mass is 9.71. The zero-order valence-corrected chi connectivity index (χ0v) is 15.5. The van der Waals surface area contributed by atoms with Gasteiger partial charge < -0.3 is 4.74 Å². The Morgan fingerprint density at radius 1 is 1.28 bits per heavy atom. The maximum absolute atomic E-state index is 12.7. The van der Waals surface area contributed by atoms with E-state index in [0.29, 0.717) is 19.3 Å². The van der Waals surface area contributed by atoms with E-state index in [4.69, 9.17) is 14.5 Å². The largest absolute Gasteiger partial charge is 0.457 e. The quantitative estimate of drug-likeness (QED) is 0.600. The molecule has 1 aromatic rings. The second-order valence-electron chi connectivity index (χ2n) is 7.43. The average Bonchev–Trinajstić information content (AvgIpc) is 2.53. The van der Waals surface area contributed by atoms with E-state index in [-0.39, 0.29) is 28.6 Å². The molecule has 1 saturated heterocycles. The number of hydrogen-bond acceptors (Lipinski definition) is 6. The summed E-state index contributed by atoms with van der Waals surface area (Å²) in [5, 5.41) is 0. The van der Waals surface area contributed by atoms with Gasteiger partial charge in [-0.2, -0.15) is 0 Å². The molecule has 7 heteroatoms. The van der Waals surface area contributed by atoms with Gasteiger partial charge in [0.05, 0.1) is 10.6 Å². The maximum Gasteiger partial charge on any atom is 0.303 e. The van der Waals surface area contributed by atoms with Crippen molar-refractivity contribution in [2.24, 2.45) is 5.92 Å². The Balaban J connectivity index is 1.77. The zero-order chi connectivity index (χ0) is 18.3. The van der Waals surface area contributed by atoms with E-state index in [1.165, 1.54) is 6.92 Å². The highest BCUT2D eigenvalue weighted by molar-refractivity contribution is 7.91. The van der Waals surface area contributed by atoms with E-state index in [9.17, 15) is 13.2 Å². The van der Waals surface area contributed by atoms with E-state index >= 15 is 0 Å². The van der Waals surface area contributed by atoms with Crippen molar-refractivity contribution in [3.8, 4) is 0 Å². The molecule has 2 aliphatic rings. The fourth-order valence-electron chi connectivity index (χ4n) is 3.85. The summed E-state index contributed by atoms with van der Waals surface area (Å²) in [6, 6.07) is 8.36. The molecule has 6 nitrogen and oxygen atoms in total. The standard InChI is InChI=1S/C18H24O6S/c1-13(19)22-17(2)10-9-14-11-16(17)23-24-18(14,3)12-25(20,21)15-7-5-4-6-8-15/h4-8,14,16H,9-12H2,1-3H3/t14?,16?,17?,18-/m1/s1. The van der Waals surface area contributed by atoms with Crippen LogP contribution in [0.4, 0.5) is 0 Å². The summed E-state index contributed by atoms with van der Waals surface area (Å²) >= 11 is 0. The second kappa shape index (κ2) is 6.37. The van der Waals surface area contributed by atoms with Crippen molar-refractivity contribution in [3.05, 3.63) is 30.3 Å². The van der Waals surface area contributed by atoms with Crippen molar-refractivity contribution < 1.29 is 27.7 Å². The number of rotatable bonds is 4. The first-order chi connectivity index (χ1) is 11.6. The van der Waals surface area contributed by atoms with Crippen molar-refractivity contribution in [2.75, 3.05) is 5.75 Å². The van der Waals surface area contributed by atoms with E-state index in [2.05, 4.69) is 0 Å². The molecular weight excluding hydrogens is 344 g/mol. The maximum atomic E-state index is 12.7. The summed E-state index contributed by atoms with van der Waals surface area (Å²) in [6.07, 6.45) is 1.55. The van der Waals surface area contributed by atoms with Gasteiger partial charge in [-0.1, -0.05) is 18.2 Å². The van der Waals surface area contributed by atoms with Gasteiger partial charge in [-0.25, -0.2) is 18.2 Å². The number of benzene rings is 1. The minimum absolute atomic E-state index is 0.0216. The van der Waals surface area contributed by atoms with Crippen LogP contribution in [-0.2, 0) is 29.1 Å². The first kappa shape index (κ1) is 18.4. The minimum atomic E-state index is -3.49. The fraction of sp³-hybridized carbons (Fsp3) is 0.611. The van der Waals surface area contributed by atoms with Crippen LogP contribution in [0, 0.1) is 5.92 Å². The van der Waals surface area contributed by atoms with Gasteiger partial charge in [-0.05, 0) is 51.2 Å². The number of hydrogen-bond donors (Lipinski definition) is 0. The molecule has 1 aliphatic heterocycles. The Morgan fingerprint density at radius 3 is 2.60 bits per heavy atom. The number of esters is 1. The van der Waals surface area contributed by atoms with Gasteiger partial charge in [0.15, 0.2) is 9.84 Å². The van der Waals surface area contributed by atoms with Crippen molar-refractivity contribution >= 4 is 15.8 Å². The summed E-state index contributed by atoms with van der Waals surface area (Å²) in [7, 11) is -3.49. The molecule has 3 unspecified atom stereocenters. The van der Waals surface area contributed by atoms with Crippen molar-refractivity contribution in [2.45, 2.75) is 62.2 Å². The number of sulfone groups is 1. The van der Waals surface area contributed by atoms with Crippen LogP contribution in [0.25, 0.3) is 0 Å². The predicted molar refractivity (Wildman–Crippen MR) is 90.4 cm³/mol. The van der Waals surface area contributed by atoms with Crippen LogP contribution in [0.5, 0.6) is 0 Å². The van der Waals surface area contributed by atoms with Gasteiger partial charge in [-0.3, -0.25) is 4.79 Å². The molecular formula is C18H24O6S. The van der Waals surface area contributed by atoms with E-state index in [1.54, 1.807) is 37.3 Å². The molecule has 4 atom stereocenters. The van der Waals surface area contributed by atoms with Crippen LogP contribution in [0.3, 0.4) is 0 Å². The van der Waals surface area contributed by atoms with Crippen molar-refractivity contribution in [1.29, 1.82) is 0 Å². The van der Waals surface area contributed by atoms with Crippen LogP contribution in [0.15, 0.2) is 35.2 Å². The molecule has 2 bridgehead atoms. The second-order valence-corrected chi connectivity index (χ2v) is 9.42. The van der Waals surface area contributed by atoms with Crippen LogP contribution in [0.1, 0.15) is 40.0 Å². The monoisotopic (exact) mass is 368 g/mol. The van der Waals surface area contributed by atoms with Gasteiger partial charge in [0, 0.05) is 6.92 Å². The molecule has 1 saturated carbocycles. The zero-order valence-electron chi connectivity index (χ0n) is 14.7. The van der Waals surface area contributed by atoms with Crippen molar-refractivity contribution in [1.82, 2.24) is 0 Å². The third kappa shape index (κ3) is 3.59. The summed E-state index contributed by atoms with van der Waals surface area (Å²) in [5.74, 6) is -0.482. The van der Waals surface area contributed by atoms with E-state index < -0.39 is 21.0 Å². The van der Waals surface area contributed by atoms with E-state index in [0.717, 1.165) is 0 Å². The summed E-state index contributed by atoms with van der Waals surface area (Å²) in [5.41, 5.74) is -1.66. The van der Waals surface area contributed by atoms with Crippen LogP contribution in [-0.4, -0.2) is 37.4 Å². The lowest BCUT2D eigenvalue weighted by Gasteiger charge is -2.51. The molecule has 0 radical (unpaired) electrons. The number of ether oxygens (including phenoxy) is 1. The highest BCUT2D eigenvalue weighted by Crippen LogP contribution is 2.47. The molecule has 138 valence electrons. The molecule has 1 aromatic carbocycles. The molecule has 25 heavy (non-hydrogen) atoms. The summed E-state index contributed by atoms with van der Waals surface area (Å²) < 4.78 is 30.9. The molecule has 0 amide bonds. The summed E-state index contributed by atoms with van der Waals surface area (Å²) in [6.45, 7) is 4.99. The average molecular weight is 368 g/mol. The first-order valence-electron chi connectivity index (χ1n) is 8.46. The van der Waals surface area contributed by atoms with Crippen LogP contribution >= 0.6 is 0 Å². The molecule has 3 rings (SSSR count). The Bertz CT molecular complexity index is 746. The lowest BCUT2D eigenvalue weighted by Crippen LogP contribution is -2.59. The van der Waals surface area contributed by atoms with Gasteiger partial charge in [0.25, 0.3) is 0 Å². The molecule has 0 spiro atoms. The Labute approximate surface area is 148 Å². The minimum Gasteiger partial charge on any atom is -0.457 e. The normalized spacial score (nSPS) is 35.2. The first-order valence-corrected chi connectivity index (χ1v) is 10.1. The Hall–Kier alpha value is -1.44. The molecule has 0 aromatic heterocycles. The predicted octanol–water partition coefficient (Wildman–Crippen LogP) is 2.67. The number of fused-ring (bicyclic) bond motifs is 2.